The van der Waals surface area contributed by atoms with Crippen molar-refractivity contribution in [2.45, 2.75) is 12.2 Å². The molecule has 13 heteroatoms. The number of nitrogens with two attached hydrogens (primary N) is 1. The van der Waals surface area contributed by atoms with Gasteiger partial charge in [0.1, 0.15) is 23.0 Å². The Morgan fingerprint density at radius 1 is 1.19 bits per heavy atom. The van der Waals surface area contributed by atoms with E-state index in [4.69, 9.17) is 27.2 Å². The van der Waals surface area contributed by atoms with Crippen molar-refractivity contribution in [3.05, 3.63) is 53.1 Å². The highest BCUT2D eigenvalue weighted by Crippen LogP contribution is 2.37. The number of halogens is 5. The molecule has 168 valence electrons. The van der Waals surface area contributed by atoms with Crippen LogP contribution in [-0.4, -0.2) is 43.9 Å². The lowest BCUT2D eigenvalue weighted by molar-refractivity contribution is -0.137. The lowest BCUT2D eigenvalue weighted by atomic mass is 10.2. The second kappa shape index (κ2) is 8.62. The molecule has 4 rings (SSSR count). The minimum Gasteiger partial charge on any atom is -0.489 e. The van der Waals surface area contributed by atoms with Gasteiger partial charge in [-0.2, -0.15) is 13.2 Å². The number of rotatable bonds is 6. The third-order valence-electron chi connectivity index (χ3n) is 4.36. The first-order valence-electron chi connectivity index (χ1n) is 9.04. The summed E-state index contributed by atoms with van der Waals surface area (Å²) in [6.07, 6.45) is -2.14. The Kier molecular flexibility index (Phi) is 6.03. The van der Waals surface area contributed by atoms with Gasteiger partial charge in [0.25, 0.3) is 0 Å². The van der Waals surface area contributed by atoms with Gasteiger partial charge in [-0.3, -0.25) is 0 Å². The first kappa shape index (κ1) is 22.4. The molecule has 0 amide bonds. The summed E-state index contributed by atoms with van der Waals surface area (Å²) in [5.41, 5.74) is 5.60. The molecular formula is C19H14ClF4N5O2S. The molecule has 7 nitrogen and oxygen atoms in total. The van der Waals surface area contributed by atoms with Crippen LogP contribution in [0.25, 0.3) is 26.9 Å². The molecule has 4 aromatic rings. The van der Waals surface area contributed by atoms with E-state index in [-0.39, 0.29) is 34.6 Å². The predicted octanol–water partition coefficient (Wildman–Crippen LogP) is 4.03. The highest BCUT2D eigenvalue weighted by Gasteiger charge is 2.31. The zero-order valence-electron chi connectivity index (χ0n) is 16.0. The maximum absolute atomic E-state index is 14.4. The van der Waals surface area contributed by atoms with Crippen LogP contribution in [0.1, 0.15) is 5.56 Å². The molecular weight excluding hydrogens is 474 g/mol. The summed E-state index contributed by atoms with van der Waals surface area (Å²) in [7, 11) is 0. The van der Waals surface area contributed by atoms with Gasteiger partial charge in [-0.15, -0.1) is 10.2 Å². The average molecular weight is 488 g/mol. The first-order valence-corrected chi connectivity index (χ1v) is 10.2. The van der Waals surface area contributed by atoms with E-state index in [2.05, 4.69) is 15.2 Å². The molecule has 0 fully saturated rings. The molecule has 32 heavy (non-hydrogen) atoms. The van der Waals surface area contributed by atoms with E-state index in [1.54, 1.807) is 0 Å². The monoisotopic (exact) mass is 487 g/mol. The Bertz CT molecular complexity index is 1280. The molecule has 0 saturated heterocycles. The van der Waals surface area contributed by atoms with E-state index in [1.807, 2.05) is 0 Å². The Hall–Kier alpha value is -2.80. The van der Waals surface area contributed by atoms with E-state index >= 15 is 0 Å². The van der Waals surface area contributed by atoms with Gasteiger partial charge in [-0.25, -0.2) is 9.37 Å². The van der Waals surface area contributed by atoms with Crippen LogP contribution < -0.4 is 10.5 Å². The number of benzene rings is 1. The van der Waals surface area contributed by atoms with Crippen molar-refractivity contribution >= 4 is 28.6 Å². The maximum Gasteiger partial charge on any atom is 0.417 e. The van der Waals surface area contributed by atoms with Crippen molar-refractivity contribution in [1.29, 1.82) is 0 Å². The average Bonchev–Trinajstić information content (AvgIpc) is 3.39. The number of fused-ring (bicyclic) bond motifs is 1. The molecule has 1 aromatic carbocycles. The van der Waals surface area contributed by atoms with Crippen LogP contribution in [0.4, 0.5) is 17.6 Å². The van der Waals surface area contributed by atoms with E-state index in [0.717, 1.165) is 29.7 Å². The van der Waals surface area contributed by atoms with Crippen molar-refractivity contribution in [2.75, 3.05) is 13.2 Å². The van der Waals surface area contributed by atoms with Crippen LogP contribution in [0, 0.1) is 5.82 Å². The number of imidazole rings is 1. The number of aliphatic hydroxyl groups excluding tert-OH is 1. The Labute approximate surface area is 187 Å². The van der Waals surface area contributed by atoms with Crippen molar-refractivity contribution < 1.29 is 27.4 Å². The van der Waals surface area contributed by atoms with Crippen LogP contribution in [0.2, 0.25) is 5.02 Å². The zero-order valence-corrected chi connectivity index (χ0v) is 17.5. The van der Waals surface area contributed by atoms with Gasteiger partial charge in [0.05, 0.1) is 23.2 Å². The fraction of sp³-hybridized carbons (Fsp3) is 0.211. The van der Waals surface area contributed by atoms with Crippen LogP contribution >= 0.6 is 22.9 Å². The summed E-state index contributed by atoms with van der Waals surface area (Å²) in [5, 5.41) is 17.7. The first-order chi connectivity index (χ1) is 15.2. The van der Waals surface area contributed by atoms with E-state index < -0.39 is 23.6 Å². The second-order valence-electron chi connectivity index (χ2n) is 6.74. The molecule has 1 atom stereocenters. The number of alkyl halides is 3. The largest absolute Gasteiger partial charge is 0.489 e. The summed E-state index contributed by atoms with van der Waals surface area (Å²) in [5.74, 6) is -0.841. The molecule has 0 aliphatic heterocycles. The van der Waals surface area contributed by atoms with Crippen molar-refractivity contribution in [2.24, 2.45) is 5.73 Å². The lowest BCUT2D eigenvalue weighted by Gasteiger charge is -2.12. The van der Waals surface area contributed by atoms with Gasteiger partial charge in [-0.05, 0) is 18.2 Å². The summed E-state index contributed by atoms with van der Waals surface area (Å²) in [4.78, 5) is 4.26. The van der Waals surface area contributed by atoms with Gasteiger partial charge >= 0.3 is 6.18 Å². The molecule has 0 saturated carbocycles. The number of nitrogens with zero attached hydrogens (tertiary/aromatic N) is 4. The lowest BCUT2D eigenvalue weighted by Crippen LogP contribution is -2.31. The molecule has 3 heterocycles. The van der Waals surface area contributed by atoms with E-state index in [1.165, 1.54) is 22.7 Å². The number of hydrogen-bond acceptors (Lipinski definition) is 7. The summed E-state index contributed by atoms with van der Waals surface area (Å²) >= 11 is 7.30. The highest BCUT2D eigenvalue weighted by molar-refractivity contribution is 7.18. The number of aromatic nitrogens is 4. The third-order valence-corrected chi connectivity index (χ3v) is 5.65. The Morgan fingerprint density at radius 3 is 2.66 bits per heavy atom. The fourth-order valence-electron chi connectivity index (χ4n) is 2.75. The summed E-state index contributed by atoms with van der Waals surface area (Å²) in [6, 6.07) is 3.92. The third kappa shape index (κ3) is 4.53. The quantitative estimate of drug-likeness (QED) is 0.398. The van der Waals surface area contributed by atoms with Crippen LogP contribution in [0.5, 0.6) is 5.75 Å². The molecule has 3 aromatic heterocycles. The molecule has 0 radical (unpaired) electrons. The van der Waals surface area contributed by atoms with Crippen LogP contribution in [0.15, 0.2) is 36.7 Å². The molecule has 0 unspecified atom stereocenters. The molecule has 0 aliphatic rings. The standard InChI is InChI=1S/C19H14ClF4N5O2S/c20-12-4-15(31-8-10(25)7-30)13(21)3-11(12)17-27-28-18(32-17)14-6-29-5-9(19(22,23)24)1-2-16(29)26-14/h1-6,10,30H,7-8,25H2/t10-/m0/s1. The zero-order chi connectivity index (χ0) is 23.0. The fourth-order valence-corrected chi connectivity index (χ4v) is 3.88. The van der Waals surface area contributed by atoms with Crippen molar-refractivity contribution in [3.8, 4) is 27.0 Å². The molecule has 0 bridgehead atoms. The van der Waals surface area contributed by atoms with E-state index in [9.17, 15) is 17.6 Å². The Balaban J connectivity index is 1.62. The van der Waals surface area contributed by atoms with Crippen molar-refractivity contribution in [3.63, 3.8) is 0 Å². The normalized spacial score (nSPS) is 13.0. The SMILES string of the molecule is N[C@@H](CO)COc1cc(Cl)c(-c2nnc(-c3cn4cc(C(F)(F)F)ccc4n3)s2)cc1F. The van der Waals surface area contributed by atoms with Gasteiger partial charge < -0.3 is 20.0 Å². The molecule has 0 aliphatic carbocycles. The minimum absolute atomic E-state index is 0.101. The minimum atomic E-state index is -4.48. The number of hydrogen-bond donors (Lipinski definition) is 2. The highest BCUT2D eigenvalue weighted by atomic mass is 35.5. The van der Waals surface area contributed by atoms with Gasteiger partial charge in [0, 0.05) is 24.0 Å². The predicted molar refractivity (Wildman–Crippen MR) is 110 cm³/mol. The van der Waals surface area contributed by atoms with E-state index in [0.29, 0.717) is 16.3 Å². The number of pyridine rings is 1. The molecule has 3 N–H and O–H groups in total. The van der Waals surface area contributed by atoms with Crippen LogP contribution in [0.3, 0.4) is 0 Å². The maximum atomic E-state index is 14.4. The van der Waals surface area contributed by atoms with Gasteiger partial charge in [0.15, 0.2) is 16.6 Å². The Morgan fingerprint density at radius 2 is 1.94 bits per heavy atom. The second-order valence-corrected chi connectivity index (χ2v) is 8.12. The summed E-state index contributed by atoms with van der Waals surface area (Å²) < 4.78 is 59.7. The van der Waals surface area contributed by atoms with Crippen LogP contribution in [-0.2, 0) is 6.18 Å². The number of aliphatic hydroxyl groups is 1. The van der Waals surface area contributed by atoms with Gasteiger partial charge in [-0.1, -0.05) is 22.9 Å². The van der Waals surface area contributed by atoms with Crippen molar-refractivity contribution in [1.82, 2.24) is 19.6 Å². The molecule has 0 spiro atoms. The topological polar surface area (TPSA) is 98.6 Å². The smallest absolute Gasteiger partial charge is 0.417 e. The number of ether oxygens (including phenoxy) is 1. The summed E-state index contributed by atoms with van der Waals surface area (Å²) in [6.45, 7) is -0.419. The van der Waals surface area contributed by atoms with Gasteiger partial charge in [0.2, 0.25) is 0 Å².